The molecule has 0 bridgehead atoms. The van der Waals surface area contributed by atoms with E-state index in [4.69, 9.17) is 13.9 Å². The molecule has 0 unspecified atom stereocenters. The van der Waals surface area contributed by atoms with Crippen LogP contribution in [0.1, 0.15) is 33.1 Å². The molecular formula is C27H31F3N4O4. The predicted molar refractivity (Wildman–Crippen MR) is 133 cm³/mol. The van der Waals surface area contributed by atoms with E-state index in [1.165, 1.54) is 12.3 Å². The number of methoxy groups -OCH3 is 1. The number of halogens is 3. The number of ether oxygens (including phenoxy) is 2. The summed E-state index contributed by atoms with van der Waals surface area (Å²) in [7, 11) is 1.57. The zero-order valence-corrected chi connectivity index (χ0v) is 21.2. The van der Waals surface area contributed by atoms with Crippen LogP contribution in [0.15, 0.2) is 59.2 Å². The molecule has 2 heterocycles. The van der Waals surface area contributed by atoms with Gasteiger partial charge in [-0.25, -0.2) is 4.98 Å². The summed E-state index contributed by atoms with van der Waals surface area (Å²) in [6.45, 7) is 5.03. The third-order valence-electron chi connectivity index (χ3n) is 6.16. The van der Waals surface area contributed by atoms with Crippen LogP contribution in [0.2, 0.25) is 0 Å². The fourth-order valence-corrected chi connectivity index (χ4v) is 4.22. The molecule has 0 atom stereocenters. The third kappa shape index (κ3) is 8.04. The number of oxazole rings is 1. The van der Waals surface area contributed by atoms with Crippen LogP contribution in [0.3, 0.4) is 0 Å². The van der Waals surface area contributed by atoms with E-state index in [-0.39, 0.29) is 24.7 Å². The monoisotopic (exact) mass is 532 g/mol. The lowest BCUT2D eigenvalue weighted by atomic mass is 10.1. The number of alkyl halides is 3. The van der Waals surface area contributed by atoms with Crippen LogP contribution < -0.4 is 10.1 Å². The second-order valence-electron chi connectivity index (χ2n) is 9.03. The van der Waals surface area contributed by atoms with Gasteiger partial charge in [0.25, 0.3) is 5.91 Å². The molecule has 0 spiro atoms. The number of benzene rings is 2. The van der Waals surface area contributed by atoms with Crippen LogP contribution >= 0.6 is 0 Å². The maximum atomic E-state index is 13.3. The average Bonchev–Trinajstić information content (AvgIpc) is 3.37. The molecule has 38 heavy (non-hydrogen) atoms. The summed E-state index contributed by atoms with van der Waals surface area (Å²) in [4.78, 5) is 21.0. The zero-order chi connectivity index (χ0) is 27.0. The van der Waals surface area contributed by atoms with Crippen LogP contribution in [0.4, 0.5) is 13.2 Å². The van der Waals surface area contributed by atoms with Crippen LogP contribution in [0.5, 0.6) is 5.75 Å². The number of hydrogen-bond acceptors (Lipinski definition) is 7. The van der Waals surface area contributed by atoms with Gasteiger partial charge in [0.2, 0.25) is 5.89 Å². The first kappa shape index (κ1) is 27.6. The van der Waals surface area contributed by atoms with Crippen molar-refractivity contribution in [2.45, 2.75) is 25.8 Å². The Morgan fingerprint density at radius 3 is 2.50 bits per heavy atom. The van der Waals surface area contributed by atoms with Crippen LogP contribution in [-0.2, 0) is 30.5 Å². The minimum absolute atomic E-state index is 0.155. The van der Waals surface area contributed by atoms with Gasteiger partial charge in [0.05, 0.1) is 32.4 Å². The molecule has 1 N–H and O–H groups in total. The summed E-state index contributed by atoms with van der Waals surface area (Å²) >= 11 is 0. The van der Waals surface area contributed by atoms with Gasteiger partial charge < -0.3 is 19.2 Å². The number of rotatable bonds is 11. The minimum Gasteiger partial charge on any atom is -0.497 e. The van der Waals surface area contributed by atoms with Gasteiger partial charge in [-0.05, 0) is 29.3 Å². The van der Waals surface area contributed by atoms with Crippen LogP contribution in [0.25, 0.3) is 0 Å². The lowest BCUT2D eigenvalue weighted by molar-refractivity contribution is -0.137. The summed E-state index contributed by atoms with van der Waals surface area (Å²) in [5.41, 5.74) is 0.852. The molecule has 1 aliphatic heterocycles. The van der Waals surface area contributed by atoms with Gasteiger partial charge in [0, 0.05) is 39.3 Å². The summed E-state index contributed by atoms with van der Waals surface area (Å²) in [5, 5.41) is 2.85. The number of carbonyl (C=O) groups excluding carboxylic acids is 1. The fourth-order valence-electron chi connectivity index (χ4n) is 4.22. The van der Waals surface area contributed by atoms with Gasteiger partial charge in [-0.2, -0.15) is 13.2 Å². The zero-order valence-electron chi connectivity index (χ0n) is 21.2. The van der Waals surface area contributed by atoms with Crippen molar-refractivity contribution in [3.8, 4) is 5.75 Å². The molecule has 1 amide bonds. The molecular weight excluding hydrogens is 501 g/mol. The molecule has 1 fully saturated rings. The fraction of sp³-hybridized carbons (Fsp3) is 0.407. The molecule has 2 aromatic carbocycles. The molecule has 1 saturated heterocycles. The Morgan fingerprint density at radius 1 is 1.08 bits per heavy atom. The Bertz CT molecular complexity index is 1190. The molecule has 0 saturated carbocycles. The minimum atomic E-state index is -4.43. The standard InChI is InChI=1S/C27H31F3N4O4/c1-36-23-7-3-5-21(15-23)17-34(16-20-4-2-6-22(14-20)27(28,29)30)18-25-32-24(19-38-25)26(35)31-8-9-33-10-12-37-13-11-33/h2-7,14-15,19H,8-13,16-18H2,1H3,(H,31,35). The highest BCUT2D eigenvalue weighted by Crippen LogP contribution is 2.30. The quantitative estimate of drug-likeness (QED) is 0.400. The molecule has 0 aliphatic carbocycles. The van der Waals surface area contributed by atoms with E-state index in [9.17, 15) is 18.0 Å². The van der Waals surface area contributed by atoms with Crippen molar-refractivity contribution in [2.75, 3.05) is 46.5 Å². The van der Waals surface area contributed by atoms with E-state index in [2.05, 4.69) is 15.2 Å². The Hall–Kier alpha value is -3.41. The van der Waals surface area contributed by atoms with Gasteiger partial charge in [-0.1, -0.05) is 30.3 Å². The SMILES string of the molecule is COc1cccc(CN(Cc2cccc(C(F)(F)F)c2)Cc2nc(C(=O)NCCN3CCOCC3)co2)c1. The first-order valence-electron chi connectivity index (χ1n) is 12.3. The van der Waals surface area contributed by atoms with E-state index in [0.717, 1.165) is 30.8 Å². The van der Waals surface area contributed by atoms with E-state index in [1.807, 2.05) is 29.2 Å². The number of morpholine rings is 1. The first-order valence-corrected chi connectivity index (χ1v) is 12.3. The summed E-state index contributed by atoms with van der Waals surface area (Å²) in [6.07, 6.45) is -3.13. The first-order chi connectivity index (χ1) is 18.3. The largest absolute Gasteiger partial charge is 0.497 e. The lowest BCUT2D eigenvalue weighted by Crippen LogP contribution is -2.41. The highest BCUT2D eigenvalue weighted by Gasteiger charge is 2.30. The summed E-state index contributed by atoms with van der Waals surface area (Å²) in [6, 6.07) is 12.7. The maximum absolute atomic E-state index is 13.3. The molecule has 3 aromatic rings. The molecule has 4 rings (SSSR count). The molecule has 11 heteroatoms. The number of carbonyl (C=O) groups is 1. The average molecular weight is 533 g/mol. The molecule has 0 radical (unpaired) electrons. The maximum Gasteiger partial charge on any atom is 0.416 e. The van der Waals surface area contributed by atoms with Crippen molar-refractivity contribution >= 4 is 5.91 Å². The smallest absolute Gasteiger partial charge is 0.416 e. The van der Waals surface area contributed by atoms with Gasteiger partial charge in [0.15, 0.2) is 5.69 Å². The highest BCUT2D eigenvalue weighted by atomic mass is 19.4. The second-order valence-corrected chi connectivity index (χ2v) is 9.03. The number of nitrogens with one attached hydrogen (secondary N) is 1. The number of nitrogens with zero attached hydrogens (tertiary/aromatic N) is 3. The number of aromatic nitrogens is 1. The summed E-state index contributed by atoms with van der Waals surface area (Å²) < 4.78 is 56.0. The van der Waals surface area contributed by atoms with E-state index in [0.29, 0.717) is 50.1 Å². The molecule has 1 aromatic heterocycles. The third-order valence-corrected chi connectivity index (χ3v) is 6.16. The van der Waals surface area contributed by atoms with Crippen molar-refractivity contribution in [1.29, 1.82) is 0 Å². The highest BCUT2D eigenvalue weighted by molar-refractivity contribution is 5.91. The Morgan fingerprint density at radius 2 is 1.79 bits per heavy atom. The second kappa shape index (κ2) is 12.9. The van der Waals surface area contributed by atoms with E-state index < -0.39 is 11.7 Å². The van der Waals surface area contributed by atoms with Gasteiger partial charge in [-0.15, -0.1) is 0 Å². The van der Waals surface area contributed by atoms with E-state index >= 15 is 0 Å². The van der Waals surface area contributed by atoms with Crippen molar-refractivity contribution in [2.24, 2.45) is 0 Å². The number of amides is 1. The Balaban J connectivity index is 1.43. The number of hydrogen-bond donors (Lipinski definition) is 1. The van der Waals surface area contributed by atoms with E-state index in [1.54, 1.807) is 13.2 Å². The molecule has 1 aliphatic rings. The Kier molecular flexibility index (Phi) is 9.38. The molecule has 8 nitrogen and oxygen atoms in total. The predicted octanol–water partition coefficient (Wildman–Crippen LogP) is 3.97. The Labute approximate surface area is 219 Å². The van der Waals surface area contributed by atoms with Crippen molar-refractivity contribution < 1.29 is 31.9 Å². The van der Waals surface area contributed by atoms with Gasteiger partial charge in [-0.3, -0.25) is 14.6 Å². The lowest BCUT2D eigenvalue weighted by Gasteiger charge is -2.26. The van der Waals surface area contributed by atoms with Gasteiger partial charge >= 0.3 is 6.18 Å². The van der Waals surface area contributed by atoms with Gasteiger partial charge in [0.1, 0.15) is 12.0 Å². The van der Waals surface area contributed by atoms with Crippen LogP contribution in [-0.4, -0.2) is 67.2 Å². The van der Waals surface area contributed by atoms with Crippen LogP contribution in [0, 0.1) is 0 Å². The van der Waals surface area contributed by atoms with Crippen molar-refractivity contribution in [3.05, 3.63) is 83.1 Å². The van der Waals surface area contributed by atoms with Crippen molar-refractivity contribution in [3.63, 3.8) is 0 Å². The van der Waals surface area contributed by atoms with Crippen molar-refractivity contribution in [1.82, 2.24) is 20.1 Å². The normalized spacial score (nSPS) is 14.6. The topological polar surface area (TPSA) is 80.1 Å². The molecule has 204 valence electrons. The summed E-state index contributed by atoms with van der Waals surface area (Å²) in [5.74, 6) is 0.623.